The molecule has 1 aliphatic carbocycles. The van der Waals surface area contributed by atoms with Crippen LogP contribution in [0.2, 0.25) is 5.02 Å². The third-order valence-corrected chi connectivity index (χ3v) is 4.14. The standard InChI is InChI=1S/C15H20ClNO/c16-13-9-5-4-8-12(13)10-14(17)15(18)11-6-2-1-3-7-11/h4-5,8-9,11,14H,1-3,6-7,10,17H2. The van der Waals surface area contributed by atoms with Gasteiger partial charge in [0.2, 0.25) is 0 Å². The normalized spacial score (nSPS) is 18.6. The largest absolute Gasteiger partial charge is 0.321 e. The molecule has 0 radical (unpaired) electrons. The predicted octanol–water partition coefficient (Wildman–Crippen LogP) is 3.36. The Balaban J connectivity index is 1.96. The van der Waals surface area contributed by atoms with E-state index >= 15 is 0 Å². The van der Waals surface area contributed by atoms with Crippen LogP contribution < -0.4 is 5.73 Å². The number of hydrogen-bond acceptors (Lipinski definition) is 2. The van der Waals surface area contributed by atoms with E-state index in [1.807, 2.05) is 24.3 Å². The van der Waals surface area contributed by atoms with Gasteiger partial charge < -0.3 is 5.73 Å². The predicted molar refractivity (Wildman–Crippen MR) is 74.7 cm³/mol. The molecule has 0 aromatic heterocycles. The van der Waals surface area contributed by atoms with Gasteiger partial charge in [0.15, 0.2) is 5.78 Å². The summed E-state index contributed by atoms with van der Waals surface area (Å²) in [6.07, 6.45) is 6.15. The third-order valence-electron chi connectivity index (χ3n) is 3.77. The lowest BCUT2D eigenvalue weighted by Crippen LogP contribution is -2.38. The maximum absolute atomic E-state index is 12.2. The molecule has 1 fully saturated rings. The average Bonchev–Trinajstić information content (AvgIpc) is 2.41. The van der Waals surface area contributed by atoms with Crippen molar-refractivity contribution in [1.82, 2.24) is 0 Å². The van der Waals surface area contributed by atoms with Gasteiger partial charge >= 0.3 is 0 Å². The van der Waals surface area contributed by atoms with E-state index in [9.17, 15) is 4.79 Å². The molecule has 1 aromatic carbocycles. The minimum Gasteiger partial charge on any atom is -0.321 e. The Labute approximate surface area is 114 Å². The van der Waals surface area contributed by atoms with Crippen LogP contribution in [0.4, 0.5) is 0 Å². The van der Waals surface area contributed by atoms with Crippen molar-refractivity contribution in [1.29, 1.82) is 0 Å². The first-order valence-electron chi connectivity index (χ1n) is 6.71. The summed E-state index contributed by atoms with van der Waals surface area (Å²) in [7, 11) is 0. The number of benzene rings is 1. The molecule has 0 bridgehead atoms. The Morgan fingerprint density at radius 1 is 1.28 bits per heavy atom. The summed E-state index contributed by atoms with van der Waals surface area (Å²) in [5, 5.41) is 0.699. The number of Topliss-reactive ketones (excluding diaryl/α,β-unsaturated/α-hetero) is 1. The molecule has 18 heavy (non-hydrogen) atoms. The van der Waals surface area contributed by atoms with Crippen molar-refractivity contribution in [2.45, 2.75) is 44.6 Å². The highest BCUT2D eigenvalue weighted by molar-refractivity contribution is 6.31. The maximum Gasteiger partial charge on any atom is 0.152 e. The number of hydrogen-bond donors (Lipinski definition) is 1. The van der Waals surface area contributed by atoms with Gasteiger partial charge in [0.1, 0.15) is 0 Å². The quantitative estimate of drug-likeness (QED) is 0.907. The molecular formula is C15H20ClNO. The summed E-state index contributed by atoms with van der Waals surface area (Å²) < 4.78 is 0. The molecule has 3 heteroatoms. The first-order valence-corrected chi connectivity index (χ1v) is 7.09. The lowest BCUT2D eigenvalue weighted by molar-refractivity contribution is -0.125. The molecule has 1 aliphatic rings. The Kier molecular flexibility index (Phi) is 4.79. The Morgan fingerprint density at radius 2 is 1.94 bits per heavy atom. The summed E-state index contributed by atoms with van der Waals surface area (Å²) in [6, 6.07) is 7.19. The topological polar surface area (TPSA) is 43.1 Å². The zero-order valence-electron chi connectivity index (χ0n) is 10.6. The van der Waals surface area contributed by atoms with Gasteiger partial charge in [-0.1, -0.05) is 49.1 Å². The van der Waals surface area contributed by atoms with E-state index in [4.69, 9.17) is 17.3 Å². The Bertz CT molecular complexity index is 413. The van der Waals surface area contributed by atoms with Crippen molar-refractivity contribution in [3.05, 3.63) is 34.9 Å². The number of carbonyl (C=O) groups excluding carboxylic acids is 1. The van der Waals surface area contributed by atoms with Gasteiger partial charge in [-0.3, -0.25) is 4.79 Å². The molecule has 2 rings (SSSR count). The van der Waals surface area contributed by atoms with Gasteiger partial charge in [0.05, 0.1) is 6.04 Å². The Morgan fingerprint density at radius 3 is 2.61 bits per heavy atom. The first kappa shape index (κ1) is 13.6. The minimum absolute atomic E-state index is 0.177. The molecule has 0 amide bonds. The van der Waals surface area contributed by atoms with Crippen molar-refractivity contribution in [3.8, 4) is 0 Å². The third kappa shape index (κ3) is 3.33. The fourth-order valence-corrected chi connectivity index (χ4v) is 2.90. The van der Waals surface area contributed by atoms with E-state index in [2.05, 4.69) is 0 Å². The maximum atomic E-state index is 12.2. The van der Waals surface area contributed by atoms with E-state index < -0.39 is 6.04 Å². The fourth-order valence-electron chi connectivity index (χ4n) is 2.69. The summed E-state index contributed by atoms with van der Waals surface area (Å²) in [4.78, 5) is 12.2. The van der Waals surface area contributed by atoms with Crippen LogP contribution >= 0.6 is 11.6 Å². The highest BCUT2D eigenvalue weighted by atomic mass is 35.5. The summed E-state index contributed by atoms with van der Waals surface area (Å²) in [5.74, 6) is 0.394. The highest BCUT2D eigenvalue weighted by Crippen LogP contribution is 2.26. The van der Waals surface area contributed by atoms with Crippen molar-refractivity contribution < 1.29 is 4.79 Å². The van der Waals surface area contributed by atoms with Gasteiger partial charge in [0.25, 0.3) is 0 Å². The monoisotopic (exact) mass is 265 g/mol. The molecule has 0 spiro atoms. The molecular weight excluding hydrogens is 246 g/mol. The number of halogens is 1. The number of carbonyl (C=O) groups is 1. The van der Waals surface area contributed by atoms with E-state index in [1.54, 1.807) is 0 Å². The van der Waals surface area contributed by atoms with Crippen molar-refractivity contribution in [3.63, 3.8) is 0 Å². The SMILES string of the molecule is NC(Cc1ccccc1Cl)C(=O)C1CCCCC1. The van der Waals surface area contributed by atoms with Crippen molar-refractivity contribution in [2.24, 2.45) is 11.7 Å². The molecule has 98 valence electrons. The van der Waals surface area contributed by atoms with Gasteiger partial charge in [-0.15, -0.1) is 0 Å². The Hall–Kier alpha value is -0.860. The lowest BCUT2D eigenvalue weighted by atomic mass is 9.83. The summed E-state index contributed by atoms with van der Waals surface area (Å²) in [6.45, 7) is 0. The van der Waals surface area contributed by atoms with Crippen LogP contribution in [0.15, 0.2) is 24.3 Å². The number of rotatable bonds is 4. The summed E-state index contributed by atoms with van der Waals surface area (Å²) in [5.41, 5.74) is 7.01. The van der Waals surface area contributed by atoms with E-state index in [0.29, 0.717) is 11.4 Å². The van der Waals surface area contributed by atoms with Crippen molar-refractivity contribution in [2.75, 3.05) is 0 Å². The second-order valence-electron chi connectivity index (χ2n) is 5.14. The van der Waals surface area contributed by atoms with E-state index in [-0.39, 0.29) is 11.7 Å². The number of ketones is 1. The van der Waals surface area contributed by atoms with Gasteiger partial charge in [-0.05, 0) is 30.9 Å². The minimum atomic E-state index is -0.409. The molecule has 2 N–H and O–H groups in total. The molecule has 0 saturated heterocycles. The molecule has 2 nitrogen and oxygen atoms in total. The molecule has 0 heterocycles. The second-order valence-corrected chi connectivity index (χ2v) is 5.55. The molecule has 0 aliphatic heterocycles. The fraction of sp³-hybridized carbons (Fsp3) is 0.533. The van der Waals surface area contributed by atoms with Crippen LogP contribution in [0.5, 0.6) is 0 Å². The average molecular weight is 266 g/mol. The summed E-state index contributed by atoms with van der Waals surface area (Å²) >= 11 is 6.09. The number of nitrogens with two attached hydrogens (primary N) is 1. The van der Waals surface area contributed by atoms with Crippen LogP contribution in [-0.4, -0.2) is 11.8 Å². The van der Waals surface area contributed by atoms with Crippen LogP contribution in [0, 0.1) is 5.92 Å². The van der Waals surface area contributed by atoms with Crippen molar-refractivity contribution >= 4 is 17.4 Å². The zero-order chi connectivity index (χ0) is 13.0. The van der Waals surface area contributed by atoms with Crippen LogP contribution in [0.3, 0.4) is 0 Å². The van der Waals surface area contributed by atoms with Crippen LogP contribution in [0.1, 0.15) is 37.7 Å². The lowest BCUT2D eigenvalue weighted by Gasteiger charge is -2.23. The van der Waals surface area contributed by atoms with Crippen LogP contribution in [0.25, 0.3) is 0 Å². The molecule has 1 aromatic rings. The van der Waals surface area contributed by atoms with Gasteiger partial charge in [-0.2, -0.15) is 0 Å². The van der Waals surface area contributed by atoms with E-state index in [0.717, 1.165) is 31.2 Å². The highest BCUT2D eigenvalue weighted by Gasteiger charge is 2.26. The second kappa shape index (κ2) is 6.35. The van der Waals surface area contributed by atoms with Crippen LogP contribution in [-0.2, 0) is 11.2 Å². The smallest absolute Gasteiger partial charge is 0.152 e. The molecule has 1 saturated carbocycles. The zero-order valence-corrected chi connectivity index (χ0v) is 11.3. The van der Waals surface area contributed by atoms with Gasteiger partial charge in [-0.25, -0.2) is 0 Å². The van der Waals surface area contributed by atoms with Gasteiger partial charge in [0, 0.05) is 10.9 Å². The molecule has 1 atom stereocenters. The van der Waals surface area contributed by atoms with E-state index in [1.165, 1.54) is 6.42 Å². The molecule has 1 unspecified atom stereocenters. The first-order chi connectivity index (χ1) is 8.68.